The number of hydrogen-bond donors (Lipinski definition) is 0. The highest BCUT2D eigenvalue weighted by Crippen LogP contribution is 2.24. The van der Waals surface area contributed by atoms with Crippen molar-refractivity contribution in [2.24, 2.45) is 5.92 Å². The summed E-state index contributed by atoms with van der Waals surface area (Å²) in [6.07, 6.45) is 0.946. The predicted octanol–water partition coefficient (Wildman–Crippen LogP) is 3.38. The third kappa shape index (κ3) is 2.91. The maximum absolute atomic E-state index is 13.3. The molecule has 0 radical (unpaired) electrons. The molecule has 18 heavy (non-hydrogen) atoms. The van der Waals surface area contributed by atoms with Gasteiger partial charge in [0.25, 0.3) is 5.91 Å². The first-order valence-corrected chi connectivity index (χ1v) is 7.09. The highest BCUT2D eigenvalue weighted by molar-refractivity contribution is 9.09. The van der Waals surface area contributed by atoms with Crippen molar-refractivity contribution in [1.82, 2.24) is 4.90 Å². The van der Waals surface area contributed by atoms with Crippen LogP contribution in [0.1, 0.15) is 29.3 Å². The minimum absolute atomic E-state index is 0.0659. The number of amides is 1. The van der Waals surface area contributed by atoms with Gasteiger partial charge in [0.2, 0.25) is 0 Å². The van der Waals surface area contributed by atoms with Gasteiger partial charge in [0.15, 0.2) is 0 Å². The molecule has 1 amide bonds. The summed E-state index contributed by atoms with van der Waals surface area (Å²) in [5.41, 5.74) is 1.23. The molecule has 0 bridgehead atoms. The van der Waals surface area contributed by atoms with Crippen molar-refractivity contribution in [3.05, 3.63) is 35.1 Å². The molecule has 1 aromatic carbocycles. The van der Waals surface area contributed by atoms with E-state index in [4.69, 9.17) is 0 Å². The first kappa shape index (κ1) is 13.5. The van der Waals surface area contributed by atoms with E-state index in [0.717, 1.165) is 25.1 Å². The Morgan fingerprint density at radius 1 is 1.44 bits per heavy atom. The molecule has 1 heterocycles. The number of likely N-dealkylation sites (tertiary alicyclic amines) is 1. The maximum Gasteiger partial charge on any atom is 0.253 e. The molecule has 1 aliphatic rings. The molecular formula is C14H17BrFNO. The predicted molar refractivity (Wildman–Crippen MR) is 73.5 cm³/mol. The van der Waals surface area contributed by atoms with Gasteiger partial charge in [-0.15, -0.1) is 0 Å². The van der Waals surface area contributed by atoms with E-state index in [1.165, 1.54) is 12.1 Å². The van der Waals surface area contributed by atoms with Crippen molar-refractivity contribution in [2.45, 2.75) is 25.1 Å². The Hall–Kier alpha value is -0.900. The van der Waals surface area contributed by atoms with Gasteiger partial charge in [-0.1, -0.05) is 22.9 Å². The van der Waals surface area contributed by atoms with Crippen LogP contribution in [0.25, 0.3) is 0 Å². The number of rotatable bonds is 1. The monoisotopic (exact) mass is 313 g/mol. The number of carbonyl (C=O) groups is 1. The van der Waals surface area contributed by atoms with E-state index in [-0.39, 0.29) is 11.7 Å². The van der Waals surface area contributed by atoms with E-state index in [0.29, 0.717) is 16.3 Å². The van der Waals surface area contributed by atoms with Crippen molar-refractivity contribution in [1.29, 1.82) is 0 Å². The lowest BCUT2D eigenvalue weighted by atomic mass is 9.99. The number of alkyl halides is 1. The number of carbonyl (C=O) groups excluding carboxylic acids is 1. The normalized spacial score (nSPS) is 24.1. The smallest absolute Gasteiger partial charge is 0.253 e. The van der Waals surface area contributed by atoms with Crippen molar-refractivity contribution >= 4 is 21.8 Å². The Kier molecular flexibility index (Phi) is 4.05. The fourth-order valence-electron chi connectivity index (χ4n) is 2.34. The van der Waals surface area contributed by atoms with Gasteiger partial charge in [0.05, 0.1) is 0 Å². The highest BCUT2D eigenvalue weighted by Gasteiger charge is 2.27. The summed E-state index contributed by atoms with van der Waals surface area (Å²) in [5.74, 6) is 0.0167. The number of aryl methyl sites for hydroxylation is 1. The molecule has 0 saturated carbocycles. The van der Waals surface area contributed by atoms with Gasteiger partial charge in [-0.3, -0.25) is 4.79 Å². The lowest BCUT2D eigenvalue weighted by molar-refractivity contribution is 0.0690. The number of hydrogen-bond acceptors (Lipinski definition) is 1. The van der Waals surface area contributed by atoms with Crippen LogP contribution in [0.4, 0.5) is 4.39 Å². The molecule has 2 rings (SSSR count). The molecule has 1 aliphatic heterocycles. The summed E-state index contributed by atoms with van der Waals surface area (Å²) >= 11 is 3.61. The molecule has 4 heteroatoms. The summed E-state index contributed by atoms with van der Waals surface area (Å²) in [7, 11) is 0. The lowest BCUT2D eigenvalue weighted by Crippen LogP contribution is -2.43. The minimum atomic E-state index is -0.346. The van der Waals surface area contributed by atoms with Crippen LogP contribution in [0, 0.1) is 18.7 Å². The zero-order valence-corrected chi connectivity index (χ0v) is 12.2. The summed E-state index contributed by atoms with van der Waals surface area (Å²) < 4.78 is 13.3. The number of piperidine rings is 1. The molecule has 1 saturated heterocycles. The van der Waals surface area contributed by atoms with Crippen LogP contribution < -0.4 is 0 Å². The molecule has 0 aromatic heterocycles. The third-order valence-corrected chi connectivity index (χ3v) is 4.74. The molecular weight excluding hydrogens is 297 g/mol. The lowest BCUT2D eigenvalue weighted by Gasteiger charge is -2.34. The molecule has 1 fully saturated rings. The maximum atomic E-state index is 13.3. The van der Waals surface area contributed by atoms with Gasteiger partial charge < -0.3 is 4.90 Å². The molecule has 2 atom stereocenters. The van der Waals surface area contributed by atoms with Crippen molar-refractivity contribution < 1.29 is 9.18 Å². The summed E-state index contributed by atoms with van der Waals surface area (Å²) in [6, 6.07) is 4.50. The Balaban J connectivity index is 2.16. The molecule has 2 nitrogen and oxygen atoms in total. The van der Waals surface area contributed by atoms with E-state index >= 15 is 0 Å². The Bertz CT molecular complexity index is 443. The average molecular weight is 314 g/mol. The van der Waals surface area contributed by atoms with Crippen LogP contribution >= 0.6 is 15.9 Å². The van der Waals surface area contributed by atoms with Gasteiger partial charge in [0.1, 0.15) is 5.82 Å². The van der Waals surface area contributed by atoms with Crippen LogP contribution in [0.2, 0.25) is 0 Å². The third-order valence-electron chi connectivity index (χ3n) is 3.38. The number of halogens is 2. The quantitative estimate of drug-likeness (QED) is 0.728. The largest absolute Gasteiger partial charge is 0.338 e. The molecule has 1 aromatic rings. The van der Waals surface area contributed by atoms with Crippen LogP contribution in [0.3, 0.4) is 0 Å². The van der Waals surface area contributed by atoms with E-state index in [2.05, 4.69) is 22.9 Å². The molecule has 2 unspecified atom stereocenters. The molecule has 0 N–H and O–H groups in total. The van der Waals surface area contributed by atoms with Gasteiger partial charge in [0, 0.05) is 23.5 Å². The topological polar surface area (TPSA) is 20.3 Å². The summed E-state index contributed by atoms with van der Waals surface area (Å²) in [5, 5.41) is 0. The zero-order chi connectivity index (χ0) is 13.3. The Labute approximate surface area is 115 Å². The van der Waals surface area contributed by atoms with Crippen LogP contribution in [-0.2, 0) is 0 Å². The molecule has 0 spiro atoms. The molecule has 0 aliphatic carbocycles. The Morgan fingerprint density at radius 3 is 2.78 bits per heavy atom. The number of nitrogens with zero attached hydrogens (tertiary/aromatic N) is 1. The average Bonchev–Trinajstić information content (AvgIpc) is 2.30. The summed E-state index contributed by atoms with van der Waals surface area (Å²) in [6.45, 7) is 5.38. The SMILES string of the molecule is Cc1cc(F)cc(C(=O)N2CCC(Br)C(C)C2)c1. The fraction of sp³-hybridized carbons (Fsp3) is 0.500. The fourth-order valence-corrected chi connectivity index (χ4v) is 2.72. The Morgan fingerprint density at radius 2 is 2.17 bits per heavy atom. The van der Waals surface area contributed by atoms with Crippen molar-refractivity contribution in [3.8, 4) is 0 Å². The van der Waals surface area contributed by atoms with Crippen LogP contribution in [-0.4, -0.2) is 28.7 Å². The summed E-state index contributed by atoms with van der Waals surface area (Å²) in [4.78, 5) is 14.6. The first-order valence-electron chi connectivity index (χ1n) is 6.18. The van der Waals surface area contributed by atoms with Gasteiger partial charge >= 0.3 is 0 Å². The van der Waals surface area contributed by atoms with Gasteiger partial charge in [-0.25, -0.2) is 4.39 Å². The second-order valence-corrected chi connectivity index (χ2v) is 6.23. The molecule has 98 valence electrons. The minimum Gasteiger partial charge on any atom is -0.338 e. The number of benzene rings is 1. The van der Waals surface area contributed by atoms with Crippen LogP contribution in [0.15, 0.2) is 18.2 Å². The zero-order valence-electron chi connectivity index (χ0n) is 10.6. The van der Waals surface area contributed by atoms with Crippen molar-refractivity contribution in [2.75, 3.05) is 13.1 Å². The standard InChI is InChI=1S/C14H17BrFNO/c1-9-5-11(7-12(16)6-9)14(18)17-4-3-13(15)10(2)8-17/h5-7,10,13H,3-4,8H2,1-2H3. The van der Waals surface area contributed by atoms with E-state index in [1.54, 1.807) is 13.0 Å². The first-order chi connectivity index (χ1) is 8.47. The van der Waals surface area contributed by atoms with E-state index in [9.17, 15) is 9.18 Å². The van der Waals surface area contributed by atoms with Crippen molar-refractivity contribution in [3.63, 3.8) is 0 Å². The van der Waals surface area contributed by atoms with E-state index < -0.39 is 0 Å². The highest BCUT2D eigenvalue weighted by atomic mass is 79.9. The van der Waals surface area contributed by atoms with E-state index in [1.807, 2.05) is 4.90 Å². The van der Waals surface area contributed by atoms with Crippen LogP contribution in [0.5, 0.6) is 0 Å². The van der Waals surface area contributed by atoms with Gasteiger partial charge in [-0.2, -0.15) is 0 Å². The van der Waals surface area contributed by atoms with Gasteiger partial charge in [-0.05, 0) is 43.0 Å². The second-order valence-electron chi connectivity index (χ2n) is 5.05. The second kappa shape index (κ2) is 5.39.